The maximum Gasteiger partial charge on any atom is 0.428 e. The van der Waals surface area contributed by atoms with Crippen molar-refractivity contribution in [3.8, 4) is 0 Å². The van der Waals surface area contributed by atoms with Crippen LogP contribution in [0.1, 0.15) is 19.8 Å². The monoisotopic (exact) mass is 212 g/mol. The quantitative estimate of drug-likeness (QED) is 0.653. The maximum atomic E-state index is 12.6. The van der Waals surface area contributed by atoms with Gasteiger partial charge >= 0.3 is 12.1 Å². The van der Waals surface area contributed by atoms with E-state index in [0.717, 1.165) is 0 Å². The van der Waals surface area contributed by atoms with Crippen LogP contribution in [-0.4, -0.2) is 31.0 Å². The van der Waals surface area contributed by atoms with Gasteiger partial charge in [0.2, 0.25) is 0 Å². The van der Waals surface area contributed by atoms with Gasteiger partial charge in [-0.3, -0.25) is 0 Å². The molecule has 1 saturated heterocycles. The molecule has 14 heavy (non-hydrogen) atoms. The number of carbonyl (C=O) groups is 1. The molecule has 1 unspecified atom stereocenters. The van der Waals surface area contributed by atoms with Crippen molar-refractivity contribution in [3.05, 3.63) is 0 Å². The van der Waals surface area contributed by atoms with Crippen LogP contribution in [0.3, 0.4) is 0 Å². The summed E-state index contributed by atoms with van der Waals surface area (Å²) in [6.45, 7) is 1.31. The predicted molar refractivity (Wildman–Crippen MR) is 40.6 cm³/mol. The van der Waals surface area contributed by atoms with Crippen LogP contribution in [-0.2, 0) is 14.3 Å². The summed E-state index contributed by atoms with van der Waals surface area (Å²) in [5, 5.41) is 0. The largest absolute Gasteiger partial charge is 0.464 e. The molecule has 1 fully saturated rings. The van der Waals surface area contributed by atoms with Crippen molar-refractivity contribution in [2.75, 3.05) is 13.2 Å². The molecule has 0 aromatic carbocycles. The fourth-order valence-corrected chi connectivity index (χ4v) is 1.39. The summed E-state index contributed by atoms with van der Waals surface area (Å²) in [5.41, 5.74) is -2.72. The van der Waals surface area contributed by atoms with Gasteiger partial charge < -0.3 is 9.47 Å². The van der Waals surface area contributed by atoms with E-state index >= 15 is 0 Å². The molecule has 0 spiro atoms. The number of carbonyl (C=O) groups excluding carboxylic acids is 1. The summed E-state index contributed by atoms with van der Waals surface area (Å²) in [6, 6.07) is 0. The van der Waals surface area contributed by atoms with E-state index in [1.165, 1.54) is 6.92 Å². The van der Waals surface area contributed by atoms with Crippen molar-refractivity contribution in [2.45, 2.75) is 31.5 Å². The third kappa shape index (κ3) is 1.70. The predicted octanol–water partition coefficient (Wildman–Crippen LogP) is 1.66. The Morgan fingerprint density at radius 1 is 1.57 bits per heavy atom. The summed E-state index contributed by atoms with van der Waals surface area (Å²) < 4.78 is 46.6. The lowest BCUT2D eigenvalue weighted by Gasteiger charge is -2.27. The molecule has 0 bridgehead atoms. The van der Waals surface area contributed by atoms with Crippen LogP contribution in [0.25, 0.3) is 0 Å². The maximum absolute atomic E-state index is 12.6. The minimum Gasteiger partial charge on any atom is -0.464 e. The summed E-state index contributed by atoms with van der Waals surface area (Å²) in [4.78, 5) is 11.1. The molecule has 1 aliphatic heterocycles. The Morgan fingerprint density at radius 2 is 2.21 bits per heavy atom. The Bertz CT molecular complexity index is 218. The third-order valence-electron chi connectivity index (χ3n) is 2.08. The molecule has 0 radical (unpaired) electrons. The van der Waals surface area contributed by atoms with E-state index in [1.807, 2.05) is 0 Å². The number of halogens is 3. The minimum absolute atomic E-state index is 0.0572. The number of rotatable bonds is 2. The molecular weight excluding hydrogens is 201 g/mol. The average molecular weight is 212 g/mol. The molecule has 0 amide bonds. The minimum atomic E-state index is -4.70. The van der Waals surface area contributed by atoms with E-state index in [4.69, 9.17) is 0 Å². The van der Waals surface area contributed by atoms with Crippen molar-refractivity contribution in [2.24, 2.45) is 0 Å². The molecule has 1 heterocycles. The normalized spacial score (nSPS) is 27.7. The first-order valence-electron chi connectivity index (χ1n) is 4.32. The van der Waals surface area contributed by atoms with E-state index < -0.39 is 17.7 Å². The van der Waals surface area contributed by atoms with Gasteiger partial charge in [0.05, 0.1) is 6.61 Å². The lowest BCUT2D eigenvalue weighted by Crippen LogP contribution is -2.52. The lowest BCUT2D eigenvalue weighted by molar-refractivity contribution is -0.264. The van der Waals surface area contributed by atoms with Gasteiger partial charge in [0.25, 0.3) is 5.60 Å². The van der Waals surface area contributed by atoms with Gasteiger partial charge in [0, 0.05) is 6.61 Å². The molecule has 0 aromatic heterocycles. The smallest absolute Gasteiger partial charge is 0.428 e. The number of alkyl halides is 3. The molecular formula is C8H11F3O3. The lowest BCUT2D eigenvalue weighted by atomic mass is 10.00. The van der Waals surface area contributed by atoms with Gasteiger partial charge in [-0.2, -0.15) is 13.2 Å². The second kappa shape index (κ2) is 3.76. The Hall–Kier alpha value is -0.780. The molecule has 0 aromatic rings. The highest BCUT2D eigenvalue weighted by Gasteiger charge is 2.64. The molecule has 3 nitrogen and oxygen atoms in total. The molecule has 6 heteroatoms. The summed E-state index contributed by atoms with van der Waals surface area (Å²) >= 11 is 0. The zero-order valence-corrected chi connectivity index (χ0v) is 7.69. The highest BCUT2D eigenvalue weighted by atomic mass is 19.4. The van der Waals surface area contributed by atoms with Crippen molar-refractivity contribution in [1.29, 1.82) is 0 Å². The van der Waals surface area contributed by atoms with Crippen molar-refractivity contribution >= 4 is 5.97 Å². The van der Waals surface area contributed by atoms with Crippen LogP contribution in [0.5, 0.6) is 0 Å². The summed E-state index contributed by atoms with van der Waals surface area (Å²) in [6.07, 6.45) is -4.83. The molecule has 1 rings (SSSR count). The Labute approximate surface area is 79.2 Å². The van der Waals surface area contributed by atoms with Crippen molar-refractivity contribution < 1.29 is 27.4 Å². The molecule has 0 aliphatic carbocycles. The van der Waals surface area contributed by atoms with Gasteiger partial charge in [-0.15, -0.1) is 0 Å². The Kier molecular flexibility index (Phi) is 3.04. The van der Waals surface area contributed by atoms with E-state index in [9.17, 15) is 18.0 Å². The van der Waals surface area contributed by atoms with Crippen molar-refractivity contribution in [3.63, 3.8) is 0 Å². The van der Waals surface area contributed by atoms with Crippen LogP contribution >= 0.6 is 0 Å². The topological polar surface area (TPSA) is 35.5 Å². The second-order valence-electron chi connectivity index (χ2n) is 3.00. The van der Waals surface area contributed by atoms with Crippen LogP contribution in [0, 0.1) is 0 Å². The van der Waals surface area contributed by atoms with Gasteiger partial charge in [-0.1, -0.05) is 0 Å². The summed E-state index contributed by atoms with van der Waals surface area (Å²) in [5.74, 6) is -1.33. The average Bonchev–Trinajstić information content (AvgIpc) is 2.51. The van der Waals surface area contributed by atoms with Crippen LogP contribution in [0.2, 0.25) is 0 Å². The van der Waals surface area contributed by atoms with E-state index in [0.29, 0.717) is 0 Å². The van der Waals surface area contributed by atoms with Gasteiger partial charge in [0.15, 0.2) is 0 Å². The fraction of sp³-hybridized carbons (Fsp3) is 0.875. The Morgan fingerprint density at radius 3 is 2.57 bits per heavy atom. The SMILES string of the molecule is CCOC(=O)C1(C(F)(F)F)CCCO1. The van der Waals surface area contributed by atoms with Crippen molar-refractivity contribution in [1.82, 2.24) is 0 Å². The summed E-state index contributed by atoms with van der Waals surface area (Å²) in [7, 11) is 0. The van der Waals surface area contributed by atoms with Crippen LogP contribution in [0.4, 0.5) is 13.2 Å². The van der Waals surface area contributed by atoms with Crippen LogP contribution in [0.15, 0.2) is 0 Å². The number of hydrogen-bond acceptors (Lipinski definition) is 3. The van der Waals surface area contributed by atoms with Gasteiger partial charge in [-0.25, -0.2) is 4.79 Å². The standard InChI is InChI=1S/C8H11F3O3/c1-2-13-6(12)7(8(9,10)11)4-3-5-14-7/h2-5H2,1H3. The zero-order chi connectivity index (χ0) is 10.8. The number of hydrogen-bond donors (Lipinski definition) is 0. The highest BCUT2D eigenvalue weighted by molar-refractivity contribution is 5.81. The molecule has 1 atom stereocenters. The van der Waals surface area contributed by atoms with Gasteiger partial charge in [0.1, 0.15) is 0 Å². The second-order valence-corrected chi connectivity index (χ2v) is 3.00. The molecule has 0 saturated carbocycles. The van der Waals surface area contributed by atoms with E-state index in [-0.39, 0.29) is 26.1 Å². The number of ether oxygens (including phenoxy) is 2. The first-order chi connectivity index (χ1) is 6.44. The molecule has 82 valence electrons. The molecule has 0 N–H and O–H groups in total. The fourth-order valence-electron chi connectivity index (χ4n) is 1.39. The van der Waals surface area contributed by atoms with Gasteiger partial charge in [-0.05, 0) is 19.8 Å². The Balaban J connectivity index is 2.87. The first kappa shape index (κ1) is 11.3. The first-order valence-corrected chi connectivity index (χ1v) is 4.32. The zero-order valence-electron chi connectivity index (χ0n) is 7.69. The van der Waals surface area contributed by atoms with Crippen LogP contribution < -0.4 is 0 Å². The third-order valence-corrected chi connectivity index (χ3v) is 2.08. The highest BCUT2D eigenvalue weighted by Crippen LogP contribution is 2.41. The van der Waals surface area contributed by atoms with E-state index in [2.05, 4.69) is 9.47 Å². The van der Waals surface area contributed by atoms with E-state index in [1.54, 1.807) is 0 Å². The molecule has 1 aliphatic rings. The number of esters is 1.